The van der Waals surface area contributed by atoms with E-state index >= 15 is 0 Å². The van der Waals surface area contributed by atoms with Crippen LogP contribution in [0, 0.1) is 5.41 Å². The fraction of sp³-hybridized carbons (Fsp3) is 0.750. The zero-order valence-corrected chi connectivity index (χ0v) is 11.4. The van der Waals surface area contributed by atoms with E-state index in [1.807, 2.05) is 20.8 Å². The van der Waals surface area contributed by atoms with Gasteiger partial charge in [-0.1, -0.05) is 27.7 Å². The van der Waals surface area contributed by atoms with Gasteiger partial charge in [-0.25, -0.2) is 4.79 Å². The molecule has 0 aliphatic heterocycles. The zero-order valence-electron chi connectivity index (χ0n) is 11.4. The SMILES string of the molecule is CCC(=O)NC(CC(=O)NCC(C)(C)C)C(=O)O. The molecule has 0 aliphatic carbocycles. The Hall–Kier alpha value is -1.59. The van der Waals surface area contributed by atoms with Crippen LogP contribution in [-0.4, -0.2) is 35.5 Å². The predicted octanol–water partition coefficient (Wildman–Crippen LogP) is 0.518. The molecule has 0 heterocycles. The molecule has 1 unspecified atom stereocenters. The Kier molecular flexibility index (Phi) is 6.36. The highest BCUT2D eigenvalue weighted by Gasteiger charge is 2.23. The summed E-state index contributed by atoms with van der Waals surface area (Å²) in [5.74, 6) is -1.97. The van der Waals surface area contributed by atoms with Crippen LogP contribution in [0.15, 0.2) is 0 Å². The third-order valence-electron chi connectivity index (χ3n) is 2.16. The first-order valence-corrected chi connectivity index (χ1v) is 5.94. The van der Waals surface area contributed by atoms with Crippen molar-refractivity contribution in [3.8, 4) is 0 Å². The second-order valence-electron chi connectivity index (χ2n) is 5.35. The summed E-state index contributed by atoms with van der Waals surface area (Å²) < 4.78 is 0. The first-order chi connectivity index (χ1) is 8.15. The molecule has 0 aromatic heterocycles. The maximum absolute atomic E-state index is 11.5. The molecule has 0 saturated carbocycles. The normalized spacial score (nSPS) is 12.7. The number of carbonyl (C=O) groups excluding carboxylic acids is 2. The molecule has 0 aromatic carbocycles. The first-order valence-electron chi connectivity index (χ1n) is 5.94. The molecule has 3 N–H and O–H groups in total. The summed E-state index contributed by atoms with van der Waals surface area (Å²) in [6, 6.07) is -1.17. The Labute approximate surface area is 107 Å². The fourth-order valence-electron chi connectivity index (χ4n) is 1.12. The Morgan fingerprint density at radius 2 is 1.72 bits per heavy atom. The summed E-state index contributed by atoms with van der Waals surface area (Å²) in [7, 11) is 0. The molecule has 0 aromatic rings. The summed E-state index contributed by atoms with van der Waals surface area (Å²) in [6.45, 7) is 7.95. The molecule has 0 fully saturated rings. The minimum absolute atomic E-state index is 0.0684. The van der Waals surface area contributed by atoms with Gasteiger partial charge in [0, 0.05) is 13.0 Å². The zero-order chi connectivity index (χ0) is 14.3. The molecule has 6 nitrogen and oxygen atoms in total. The predicted molar refractivity (Wildman–Crippen MR) is 66.9 cm³/mol. The maximum Gasteiger partial charge on any atom is 0.326 e. The van der Waals surface area contributed by atoms with Crippen molar-refractivity contribution in [1.29, 1.82) is 0 Å². The van der Waals surface area contributed by atoms with Crippen LogP contribution in [-0.2, 0) is 14.4 Å². The lowest BCUT2D eigenvalue weighted by atomic mass is 9.97. The van der Waals surface area contributed by atoms with Crippen molar-refractivity contribution in [2.24, 2.45) is 5.41 Å². The lowest BCUT2D eigenvalue weighted by Crippen LogP contribution is -2.44. The van der Waals surface area contributed by atoms with E-state index < -0.39 is 12.0 Å². The van der Waals surface area contributed by atoms with E-state index in [9.17, 15) is 14.4 Å². The van der Waals surface area contributed by atoms with Gasteiger partial charge in [0.15, 0.2) is 0 Å². The van der Waals surface area contributed by atoms with Crippen molar-refractivity contribution in [2.75, 3.05) is 6.54 Å². The number of hydrogen-bond acceptors (Lipinski definition) is 3. The van der Waals surface area contributed by atoms with Crippen molar-refractivity contribution in [3.63, 3.8) is 0 Å². The molecule has 2 amide bonds. The van der Waals surface area contributed by atoms with Crippen molar-refractivity contribution >= 4 is 17.8 Å². The van der Waals surface area contributed by atoms with Crippen LogP contribution in [0.2, 0.25) is 0 Å². The standard InChI is InChI=1S/C12H22N2O4/c1-5-9(15)14-8(11(17)18)6-10(16)13-7-12(2,3)4/h8H,5-7H2,1-4H3,(H,13,16)(H,14,15)(H,17,18). The van der Waals surface area contributed by atoms with E-state index in [0.29, 0.717) is 6.54 Å². The van der Waals surface area contributed by atoms with Gasteiger partial charge in [0.2, 0.25) is 11.8 Å². The van der Waals surface area contributed by atoms with E-state index in [-0.39, 0.29) is 30.1 Å². The van der Waals surface area contributed by atoms with E-state index in [0.717, 1.165) is 0 Å². The van der Waals surface area contributed by atoms with Gasteiger partial charge in [-0.2, -0.15) is 0 Å². The van der Waals surface area contributed by atoms with E-state index in [1.165, 1.54) is 0 Å². The number of aliphatic carboxylic acids is 1. The summed E-state index contributed by atoms with van der Waals surface area (Å²) in [6.07, 6.45) is -0.0649. The van der Waals surface area contributed by atoms with Crippen LogP contribution >= 0.6 is 0 Å². The molecule has 0 bridgehead atoms. The van der Waals surface area contributed by atoms with E-state index in [4.69, 9.17) is 5.11 Å². The van der Waals surface area contributed by atoms with Crippen LogP contribution in [0.3, 0.4) is 0 Å². The third-order valence-corrected chi connectivity index (χ3v) is 2.16. The van der Waals surface area contributed by atoms with E-state index in [1.54, 1.807) is 6.92 Å². The van der Waals surface area contributed by atoms with Gasteiger partial charge < -0.3 is 15.7 Å². The van der Waals surface area contributed by atoms with Crippen LogP contribution in [0.4, 0.5) is 0 Å². The average Bonchev–Trinajstić information content (AvgIpc) is 2.24. The Balaban J connectivity index is 4.29. The summed E-state index contributed by atoms with van der Waals surface area (Å²) in [4.78, 5) is 33.6. The van der Waals surface area contributed by atoms with Crippen LogP contribution in [0.25, 0.3) is 0 Å². The van der Waals surface area contributed by atoms with Crippen molar-refractivity contribution in [2.45, 2.75) is 46.6 Å². The van der Waals surface area contributed by atoms with Crippen LogP contribution in [0.5, 0.6) is 0 Å². The number of hydrogen-bond donors (Lipinski definition) is 3. The van der Waals surface area contributed by atoms with Gasteiger partial charge in [0.25, 0.3) is 0 Å². The topological polar surface area (TPSA) is 95.5 Å². The molecule has 0 aliphatic rings. The number of carboxylic acids is 1. The number of nitrogens with one attached hydrogen (secondary N) is 2. The minimum Gasteiger partial charge on any atom is -0.480 e. The molecule has 0 saturated heterocycles. The molecular formula is C12H22N2O4. The highest BCUT2D eigenvalue weighted by Crippen LogP contribution is 2.10. The van der Waals surface area contributed by atoms with Crippen LogP contribution < -0.4 is 10.6 Å². The Morgan fingerprint density at radius 3 is 2.11 bits per heavy atom. The average molecular weight is 258 g/mol. The summed E-state index contributed by atoms with van der Waals surface area (Å²) in [5.41, 5.74) is -0.0684. The van der Waals surface area contributed by atoms with E-state index in [2.05, 4.69) is 10.6 Å². The summed E-state index contributed by atoms with van der Waals surface area (Å²) >= 11 is 0. The minimum atomic E-state index is -1.21. The highest BCUT2D eigenvalue weighted by atomic mass is 16.4. The quantitative estimate of drug-likeness (QED) is 0.647. The van der Waals surface area contributed by atoms with Gasteiger partial charge in [-0.3, -0.25) is 9.59 Å². The molecule has 104 valence electrons. The van der Waals surface area contributed by atoms with Gasteiger partial charge in [-0.15, -0.1) is 0 Å². The molecular weight excluding hydrogens is 236 g/mol. The van der Waals surface area contributed by atoms with Crippen molar-refractivity contribution < 1.29 is 19.5 Å². The van der Waals surface area contributed by atoms with Crippen molar-refractivity contribution in [1.82, 2.24) is 10.6 Å². The third kappa shape index (κ3) is 7.65. The number of rotatable bonds is 6. The summed E-state index contributed by atoms with van der Waals surface area (Å²) in [5, 5.41) is 13.8. The lowest BCUT2D eigenvalue weighted by Gasteiger charge is -2.20. The molecule has 6 heteroatoms. The highest BCUT2D eigenvalue weighted by molar-refractivity contribution is 5.88. The number of amides is 2. The molecule has 0 radical (unpaired) electrons. The van der Waals surface area contributed by atoms with Gasteiger partial charge in [-0.05, 0) is 5.41 Å². The fourth-order valence-corrected chi connectivity index (χ4v) is 1.12. The molecule has 18 heavy (non-hydrogen) atoms. The monoisotopic (exact) mass is 258 g/mol. The lowest BCUT2D eigenvalue weighted by molar-refractivity contribution is -0.143. The largest absolute Gasteiger partial charge is 0.480 e. The smallest absolute Gasteiger partial charge is 0.326 e. The van der Waals surface area contributed by atoms with Crippen molar-refractivity contribution in [3.05, 3.63) is 0 Å². The second kappa shape index (κ2) is 6.98. The number of carboxylic acid groups (broad SMARTS) is 1. The molecule has 1 atom stereocenters. The Morgan fingerprint density at radius 1 is 1.17 bits per heavy atom. The Bertz CT molecular complexity index is 321. The van der Waals surface area contributed by atoms with Gasteiger partial charge in [0.05, 0.1) is 6.42 Å². The second-order valence-corrected chi connectivity index (χ2v) is 5.35. The first kappa shape index (κ1) is 16.4. The maximum atomic E-state index is 11.5. The van der Waals surface area contributed by atoms with Gasteiger partial charge >= 0.3 is 5.97 Å². The molecule has 0 spiro atoms. The van der Waals surface area contributed by atoms with Crippen LogP contribution in [0.1, 0.15) is 40.5 Å². The van der Waals surface area contributed by atoms with Gasteiger partial charge in [0.1, 0.15) is 6.04 Å². The molecule has 0 rings (SSSR count). The number of carbonyl (C=O) groups is 3.